The fraction of sp³-hybridized carbons (Fsp3) is 0.429. The van der Waals surface area contributed by atoms with Crippen LogP contribution in [-0.2, 0) is 4.74 Å². The Kier molecular flexibility index (Phi) is 5.89. The Labute approximate surface area is 107 Å². The van der Waals surface area contributed by atoms with E-state index in [1.165, 1.54) is 0 Å². The van der Waals surface area contributed by atoms with Crippen molar-refractivity contribution < 1.29 is 14.3 Å². The van der Waals surface area contributed by atoms with Crippen molar-refractivity contribution in [1.82, 2.24) is 0 Å². The van der Waals surface area contributed by atoms with Crippen LogP contribution in [0.1, 0.15) is 30.6 Å². The van der Waals surface area contributed by atoms with Crippen molar-refractivity contribution in [2.75, 3.05) is 13.2 Å². The number of carbonyl (C=O) groups is 1. The van der Waals surface area contributed by atoms with Gasteiger partial charge in [0.15, 0.2) is 5.78 Å². The van der Waals surface area contributed by atoms with Crippen LogP contribution in [0.25, 0.3) is 0 Å². The maximum absolute atomic E-state index is 11.7. The molecule has 0 aromatic heterocycles. The number of ether oxygens (including phenoxy) is 2. The Hall–Kier alpha value is -1.86. The predicted molar refractivity (Wildman–Crippen MR) is 67.6 cm³/mol. The summed E-state index contributed by atoms with van der Waals surface area (Å²) in [6.45, 7) is 4.13. The smallest absolute Gasteiger partial charge is 0.166 e. The summed E-state index contributed by atoms with van der Waals surface area (Å²) in [4.78, 5) is 11.7. The molecule has 0 fully saturated rings. The zero-order valence-corrected chi connectivity index (χ0v) is 10.7. The molecule has 96 valence electrons. The minimum Gasteiger partial charge on any atom is -0.490 e. The van der Waals surface area contributed by atoms with Crippen LogP contribution in [0.3, 0.4) is 0 Å². The first-order chi connectivity index (χ1) is 8.69. The lowest BCUT2D eigenvalue weighted by Gasteiger charge is -2.11. The lowest BCUT2D eigenvalue weighted by molar-refractivity contribution is 0.0736. The van der Waals surface area contributed by atoms with Gasteiger partial charge in [-0.3, -0.25) is 4.79 Å². The van der Waals surface area contributed by atoms with Gasteiger partial charge >= 0.3 is 0 Å². The summed E-state index contributed by atoms with van der Waals surface area (Å²) in [5.74, 6) is 0.620. The Morgan fingerprint density at radius 2 is 2.11 bits per heavy atom. The molecule has 4 heteroatoms. The molecule has 1 unspecified atom stereocenters. The summed E-state index contributed by atoms with van der Waals surface area (Å²) in [6.07, 6.45) is 0.00336. The minimum absolute atomic E-state index is 0.0527. The molecule has 1 aromatic rings. The summed E-state index contributed by atoms with van der Waals surface area (Å²) in [7, 11) is 0. The average Bonchev–Trinajstić information content (AvgIpc) is 2.42. The molecule has 0 aliphatic carbocycles. The summed E-state index contributed by atoms with van der Waals surface area (Å²) >= 11 is 0. The highest BCUT2D eigenvalue weighted by atomic mass is 16.5. The van der Waals surface area contributed by atoms with E-state index in [9.17, 15) is 4.79 Å². The highest BCUT2D eigenvalue weighted by molar-refractivity contribution is 5.98. The highest BCUT2D eigenvalue weighted by Gasteiger charge is 2.09. The van der Waals surface area contributed by atoms with E-state index in [0.717, 1.165) is 0 Å². The molecule has 0 saturated heterocycles. The summed E-state index contributed by atoms with van der Waals surface area (Å²) in [5.41, 5.74) is 0.591. The largest absolute Gasteiger partial charge is 0.490 e. The van der Waals surface area contributed by atoms with Crippen molar-refractivity contribution in [3.8, 4) is 11.8 Å². The van der Waals surface area contributed by atoms with E-state index in [4.69, 9.17) is 14.7 Å². The molecule has 0 aliphatic rings. The molecular weight excluding hydrogens is 230 g/mol. The molecule has 1 aromatic carbocycles. The van der Waals surface area contributed by atoms with Gasteiger partial charge in [-0.15, -0.1) is 0 Å². The van der Waals surface area contributed by atoms with Crippen LogP contribution >= 0.6 is 0 Å². The molecule has 0 amide bonds. The van der Waals surface area contributed by atoms with E-state index in [1.54, 1.807) is 19.1 Å². The SMILES string of the molecule is CCC(=O)c1ccccc1OCCOC(C)C#N. The van der Waals surface area contributed by atoms with Gasteiger partial charge < -0.3 is 9.47 Å². The summed E-state index contributed by atoms with van der Waals surface area (Å²) < 4.78 is 10.7. The third-order valence-corrected chi connectivity index (χ3v) is 2.40. The van der Waals surface area contributed by atoms with Gasteiger partial charge in [-0.05, 0) is 19.1 Å². The number of para-hydroxylation sites is 1. The molecule has 0 heterocycles. The lowest BCUT2D eigenvalue weighted by atomic mass is 10.1. The lowest BCUT2D eigenvalue weighted by Crippen LogP contribution is -2.13. The van der Waals surface area contributed by atoms with Crippen LogP contribution in [0.2, 0.25) is 0 Å². The number of nitriles is 1. The molecule has 0 saturated carbocycles. The van der Waals surface area contributed by atoms with Crippen molar-refractivity contribution in [2.45, 2.75) is 26.4 Å². The van der Waals surface area contributed by atoms with Gasteiger partial charge in [0.05, 0.1) is 18.2 Å². The first kappa shape index (κ1) is 14.2. The maximum Gasteiger partial charge on any atom is 0.166 e. The number of ketones is 1. The molecule has 0 radical (unpaired) electrons. The van der Waals surface area contributed by atoms with Gasteiger partial charge in [0.1, 0.15) is 18.5 Å². The normalized spacial score (nSPS) is 11.6. The van der Waals surface area contributed by atoms with Gasteiger partial charge in [0.2, 0.25) is 0 Å². The van der Waals surface area contributed by atoms with Crippen molar-refractivity contribution >= 4 is 5.78 Å². The first-order valence-electron chi connectivity index (χ1n) is 5.95. The molecule has 0 N–H and O–H groups in total. The van der Waals surface area contributed by atoms with Crippen LogP contribution in [0, 0.1) is 11.3 Å². The Morgan fingerprint density at radius 1 is 1.39 bits per heavy atom. The molecule has 1 atom stereocenters. The Morgan fingerprint density at radius 3 is 2.78 bits per heavy atom. The number of hydrogen-bond donors (Lipinski definition) is 0. The minimum atomic E-state index is -0.443. The van der Waals surface area contributed by atoms with Gasteiger partial charge in [-0.2, -0.15) is 5.26 Å². The standard InChI is InChI=1S/C14H17NO3/c1-3-13(16)12-6-4-5-7-14(12)18-9-8-17-11(2)10-15/h4-7,11H,3,8-9H2,1-2H3. The molecule has 0 bridgehead atoms. The quantitative estimate of drug-likeness (QED) is 0.549. The second-order valence-corrected chi connectivity index (χ2v) is 3.76. The monoisotopic (exact) mass is 247 g/mol. The molecular formula is C14H17NO3. The predicted octanol–water partition coefficient (Wildman–Crippen LogP) is 2.59. The third-order valence-electron chi connectivity index (χ3n) is 2.40. The van der Waals surface area contributed by atoms with E-state index < -0.39 is 6.10 Å². The summed E-state index contributed by atoms with van der Waals surface area (Å²) in [5, 5.41) is 8.54. The van der Waals surface area contributed by atoms with E-state index in [-0.39, 0.29) is 5.78 Å². The second-order valence-electron chi connectivity index (χ2n) is 3.76. The molecule has 0 aliphatic heterocycles. The van der Waals surface area contributed by atoms with Gasteiger partial charge in [-0.1, -0.05) is 19.1 Å². The Bertz CT molecular complexity index is 437. The number of Topliss-reactive ketones (excluding diaryl/α,β-unsaturated/α-hetero) is 1. The highest BCUT2D eigenvalue weighted by Crippen LogP contribution is 2.19. The topological polar surface area (TPSA) is 59.3 Å². The van der Waals surface area contributed by atoms with Gasteiger partial charge in [-0.25, -0.2) is 0 Å². The first-order valence-corrected chi connectivity index (χ1v) is 5.95. The van der Waals surface area contributed by atoms with Crippen LogP contribution in [0.4, 0.5) is 0 Å². The fourth-order valence-electron chi connectivity index (χ4n) is 1.43. The van der Waals surface area contributed by atoms with Crippen molar-refractivity contribution in [3.05, 3.63) is 29.8 Å². The van der Waals surface area contributed by atoms with E-state index >= 15 is 0 Å². The number of carbonyl (C=O) groups excluding carboxylic acids is 1. The third kappa shape index (κ3) is 4.19. The van der Waals surface area contributed by atoms with Crippen molar-refractivity contribution in [1.29, 1.82) is 5.26 Å². The summed E-state index contributed by atoms with van der Waals surface area (Å²) in [6, 6.07) is 9.11. The zero-order chi connectivity index (χ0) is 13.4. The van der Waals surface area contributed by atoms with Gasteiger partial charge in [0.25, 0.3) is 0 Å². The number of rotatable bonds is 7. The van der Waals surface area contributed by atoms with Crippen LogP contribution < -0.4 is 4.74 Å². The van der Waals surface area contributed by atoms with E-state index in [1.807, 2.05) is 25.1 Å². The number of hydrogen-bond acceptors (Lipinski definition) is 4. The maximum atomic E-state index is 11.7. The molecule has 1 rings (SSSR count). The fourth-order valence-corrected chi connectivity index (χ4v) is 1.43. The zero-order valence-electron chi connectivity index (χ0n) is 10.7. The van der Waals surface area contributed by atoms with Crippen molar-refractivity contribution in [2.24, 2.45) is 0 Å². The van der Waals surface area contributed by atoms with E-state index in [0.29, 0.717) is 30.9 Å². The number of nitrogens with zero attached hydrogens (tertiary/aromatic N) is 1. The molecule has 0 spiro atoms. The second kappa shape index (κ2) is 7.46. The number of benzene rings is 1. The molecule has 18 heavy (non-hydrogen) atoms. The van der Waals surface area contributed by atoms with Gasteiger partial charge in [0, 0.05) is 6.42 Å². The van der Waals surface area contributed by atoms with Crippen LogP contribution in [-0.4, -0.2) is 25.1 Å². The van der Waals surface area contributed by atoms with Crippen LogP contribution in [0.15, 0.2) is 24.3 Å². The Balaban J connectivity index is 2.52. The van der Waals surface area contributed by atoms with E-state index in [2.05, 4.69) is 0 Å². The van der Waals surface area contributed by atoms with Crippen LogP contribution in [0.5, 0.6) is 5.75 Å². The average molecular weight is 247 g/mol. The molecule has 4 nitrogen and oxygen atoms in total. The van der Waals surface area contributed by atoms with Crippen molar-refractivity contribution in [3.63, 3.8) is 0 Å².